The molecule has 1 saturated heterocycles. The summed E-state index contributed by atoms with van der Waals surface area (Å²) in [6, 6.07) is 0. The van der Waals surface area contributed by atoms with Crippen molar-refractivity contribution in [2.45, 2.75) is 31.8 Å². The maximum atomic E-state index is 11.9. The van der Waals surface area contributed by atoms with Gasteiger partial charge in [-0.2, -0.15) is 4.98 Å². The second-order valence-electron chi connectivity index (χ2n) is 4.55. The van der Waals surface area contributed by atoms with E-state index in [1.807, 2.05) is 0 Å². The van der Waals surface area contributed by atoms with Gasteiger partial charge in [0.2, 0.25) is 11.6 Å². The van der Waals surface area contributed by atoms with Gasteiger partial charge in [0.1, 0.15) is 12.3 Å². The van der Waals surface area contributed by atoms with Crippen LogP contribution in [0.15, 0.2) is 4.79 Å². The lowest BCUT2D eigenvalue weighted by molar-refractivity contribution is -0.0455. The van der Waals surface area contributed by atoms with Gasteiger partial charge in [0.15, 0.2) is 0 Å². The van der Waals surface area contributed by atoms with E-state index in [-0.39, 0.29) is 13.0 Å². The molecule has 2 N–H and O–H groups in total. The average molecular weight is 266 g/mol. The standard InChI is InChI=1S/C10H12N5O4/c1-4-8-12-10(18)14(9(4)15(8)13-11)7-2-5(17)6(3-16)19-7/h5-7,16-17H,2-3H2,1H3/q+1/t5-,6+,7?/m0/s1. The molecule has 3 aliphatic heterocycles. The molecule has 3 aliphatic rings. The van der Waals surface area contributed by atoms with E-state index in [4.69, 9.17) is 15.2 Å². The molecule has 0 radical (unpaired) electrons. The minimum Gasteiger partial charge on any atom is -0.394 e. The number of aromatic nitrogens is 2. The largest absolute Gasteiger partial charge is 0.394 e. The normalized spacial score (nSPS) is 28.1. The van der Waals surface area contributed by atoms with Gasteiger partial charge in [-0.05, 0) is 6.92 Å². The van der Waals surface area contributed by atoms with E-state index >= 15 is 0 Å². The lowest BCUT2D eigenvalue weighted by atomic mass is 10.1. The summed E-state index contributed by atoms with van der Waals surface area (Å²) in [5, 5.41) is 31.8. The number of nitrogens with zero attached hydrogens (tertiary/aromatic N) is 5. The molecule has 19 heavy (non-hydrogen) atoms. The predicted molar refractivity (Wildman–Crippen MR) is 62.1 cm³/mol. The summed E-state index contributed by atoms with van der Waals surface area (Å²) < 4.78 is 6.64. The smallest absolute Gasteiger partial charge is 0.353 e. The number of aliphatic hydroxyl groups is 2. The van der Waals surface area contributed by atoms with Gasteiger partial charge >= 0.3 is 10.8 Å². The van der Waals surface area contributed by atoms with Crippen molar-refractivity contribution in [3.63, 3.8) is 0 Å². The highest BCUT2D eigenvalue weighted by molar-refractivity contribution is 5.78. The second kappa shape index (κ2) is 3.99. The molecule has 9 heteroatoms. The first-order valence-corrected chi connectivity index (χ1v) is 5.81. The maximum Gasteiger partial charge on any atom is 0.353 e. The molecule has 0 spiro atoms. The van der Waals surface area contributed by atoms with Gasteiger partial charge in [0, 0.05) is 12.0 Å². The van der Waals surface area contributed by atoms with E-state index in [9.17, 15) is 9.90 Å². The van der Waals surface area contributed by atoms with Crippen LogP contribution in [0.25, 0.3) is 5.08 Å². The van der Waals surface area contributed by atoms with Crippen LogP contribution in [0.5, 0.6) is 0 Å². The highest BCUT2D eigenvalue weighted by Gasteiger charge is 2.46. The summed E-state index contributed by atoms with van der Waals surface area (Å²) in [6.45, 7) is 1.41. The summed E-state index contributed by atoms with van der Waals surface area (Å²) in [7, 11) is 0. The molecule has 0 aliphatic carbocycles. The Labute approximate surface area is 107 Å². The molecular formula is C10H12N5O4+. The number of aryl methyl sites for hydroxylation is 1. The summed E-state index contributed by atoms with van der Waals surface area (Å²) in [4.78, 5) is 15.6. The van der Waals surface area contributed by atoms with E-state index < -0.39 is 24.1 Å². The molecule has 2 bridgehead atoms. The first-order chi connectivity index (χ1) is 9.08. The van der Waals surface area contributed by atoms with Crippen molar-refractivity contribution >= 4 is 11.6 Å². The second-order valence-corrected chi connectivity index (χ2v) is 4.55. The van der Waals surface area contributed by atoms with Gasteiger partial charge in [0.05, 0.1) is 17.7 Å². The molecule has 4 rings (SSSR count). The van der Waals surface area contributed by atoms with Crippen molar-refractivity contribution in [3.8, 4) is 0 Å². The highest BCUT2D eigenvalue weighted by Crippen LogP contribution is 2.43. The molecule has 1 unspecified atom stereocenters. The van der Waals surface area contributed by atoms with E-state index in [1.54, 1.807) is 6.92 Å². The van der Waals surface area contributed by atoms with Crippen LogP contribution in [-0.2, 0) is 4.74 Å². The van der Waals surface area contributed by atoms with Crippen LogP contribution < -0.4 is 10.7 Å². The van der Waals surface area contributed by atoms with Crippen molar-refractivity contribution < 1.29 is 14.9 Å². The van der Waals surface area contributed by atoms with Crippen LogP contribution in [0.3, 0.4) is 0 Å². The number of diazo groups is 1. The maximum absolute atomic E-state index is 11.9. The first-order valence-electron chi connectivity index (χ1n) is 5.81. The number of hydrogen-bond acceptors (Lipinski definition) is 7. The fourth-order valence-corrected chi connectivity index (χ4v) is 2.50. The molecule has 0 amide bonds. The van der Waals surface area contributed by atoms with Crippen molar-refractivity contribution in [2.24, 2.45) is 0 Å². The number of ether oxygens (including phenoxy) is 1. The third kappa shape index (κ3) is 1.48. The van der Waals surface area contributed by atoms with Gasteiger partial charge in [-0.25, -0.2) is 9.36 Å². The lowest BCUT2D eigenvalue weighted by Gasteiger charge is -2.26. The van der Waals surface area contributed by atoms with Crippen LogP contribution >= 0.6 is 0 Å². The Morgan fingerprint density at radius 2 is 2.37 bits per heavy atom. The van der Waals surface area contributed by atoms with Gasteiger partial charge < -0.3 is 14.9 Å². The topological polar surface area (TPSA) is 116 Å². The van der Waals surface area contributed by atoms with Crippen molar-refractivity contribution in [3.05, 3.63) is 21.1 Å². The summed E-state index contributed by atoms with van der Waals surface area (Å²) in [5.74, 6) is 0.685. The zero-order valence-corrected chi connectivity index (χ0v) is 10.1. The van der Waals surface area contributed by atoms with Gasteiger partial charge in [-0.15, -0.1) is 0 Å². The molecule has 1 aromatic heterocycles. The van der Waals surface area contributed by atoms with Crippen molar-refractivity contribution in [2.75, 3.05) is 11.6 Å². The fourth-order valence-electron chi connectivity index (χ4n) is 2.50. The minimum absolute atomic E-state index is 0.165. The van der Waals surface area contributed by atoms with Crippen LogP contribution in [0.2, 0.25) is 0 Å². The Balaban J connectivity index is 2.03. The van der Waals surface area contributed by atoms with E-state index in [2.05, 4.69) is 10.1 Å². The number of anilines is 2. The van der Waals surface area contributed by atoms with E-state index in [1.165, 1.54) is 4.57 Å². The molecule has 0 saturated carbocycles. The van der Waals surface area contributed by atoms with Crippen LogP contribution in [-0.4, -0.2) is 38.6 Å². The van der Waals surface area contributed by atoms with Gasteiger partial charge in [-0.1, -0.05) is 0 Å². The lowest BCUT2D eigenvalue weighted by Crippen LogP contribution is -2.39. The number of rotatable bonds is 2. The Kier molecular flexibility index (Phi) is 2.53. The highest BCUT2D eigenvalue weighted by atomic mass is 16.5. The molecule has 1 aromatic rings. The van der Waals surface area contributed by atoms with Crippen LogP contribution in [0.4, 0.5) is 11.6 Å². The molecule has 100 valence electrons. The summed E-state index contributed by atoms with van der Waals surface area (Å²) in [5.41, 5.74) is 0.175. The molecule has 4 heterocycles. The quantitative estimate of drug-likeness (QED) is 0.687. The van der Waals surface area contributed by atoms with Crippen LogP contribution in [0, 0.1) is 12.3 Å². The first kappa shape index (κ1) is 12.0. The van der Waals surface area contributed by atoms with Crippen LogP contribution in [0.1, 0.15) is 18.2 Å². The third-order valence-corrected chi connectivity index (χ3v) is 3.47. The van der Waals surface area contributed by atoms with Crippen molar-refractivity contribution in [1.29, 1.82) is 5.39 Å². The summed E-state index contributed by atoms with van der Waals surface area (Å²) in [6.07, 6.45) is -2.16. The molecule has 3 atom stereocenters. The Morgan fingerprint density at radius 3 is 2.95 bits per heavy atom. The Morgan fingerprint density at radius 1 is 1.63 bits per heavy atom. The number of hydrogen-bond donors (Lipinski definition) is 2. The number of aliphatic hydroxyl groups excluding tert-OH is 2. The SMILES string of the molecule is Cc1c2nc(=O)n(C3C[C@H](O)[C@@H](CO)O3)c1N2[N+]#N. The molecule has 1 fully saturated rings. The zero-order chi connectivity index (χ0) is 13.7. The van der Waals surface area contributed by atoms with Gasteiger partial charge in [0.25, 0.3) is 5.39 Å². The zero-order valence-electron chi connectivity index (χ0n) is 10.1. The minimum atomic E-state index is -0.853. The third-order valence-electron chi connectivity index (χ3n) is 3.47. The fraction of sp³-hybridized carbons (Fsp3) is 0.600. The number of fused-ring (bicyclic) bond motifs is 2. The van der Waals surface area contributed by atoms with Crippen molar-refractivity contribution in [1.82, 2.24) is 9.55 Å². The van der Waals surface area contributed by atoms with Gasteiger partial charge in [-0.3, -0.25) is 0 Å². The summed E-state index contributed by atoms with van der Waals surface area (Å²) >= 11 is 0. The monoisotopic (exact) mass is 266 g/mol. The molecule has 9 nitrogen and oxygen atoms in total. The Bertz CT molecular complexity index is 636. The Hall–Kier alpha value is -2.02. The molecule has 0 aromatic carbocycles. The van der Waals surface area contributed by atoms with E-state index in [0.717, 1.165) is 5.01 Å². The average Bonchev–Trinajstić information content (AvgIpc) is 2.77. The molecular weight excluding hydrogens is 254 g/mol. The van der Waals surface area contributed by atoms with E-state index in [0.29, 0.717) is 17.2 Å². The predicted octanol–water partition coefficient (Wildman–Crippen LogP) is -0.588.